The normalized spacial score (nSPS) is 10.4. The van der Waals surface area contributed by atoms with E-state index in [-0.39, 0.29) is 6.61 Å². The number of hydrogen-bond donors (Lipinski definition) is 1. The number of aliphatic hydroxyl groups excluding tert-OH is 1. The summed E-state index contributed by atoms with van der Waals surface area (Å²) in [4.78, 5) is 1.96. The fraction of sp³-hybridized carbons (Fsp3) is 0.667. The van der Waals surface area contributed by atoms with Gasteiger partial charge in [0.2, 0.25) is 0 Å². The van der Waals surface area contributed by atoms with Crippen LogP contribution >= 0.6 is 0 Å². The molecular formula is C6H13NO+. The van der Waals surface area contributed by atoms with Gasteiger partial charge in [-0.15, -0.1) is 0 Å². The molecule has 0 saturated heterocycles. The van der Waals surface area contributed by atoms with Crippen molar-refractivity contribution in [3.05, 3.63) is 13.8 Å². The maximum Gasteiger partial charge on any atom is 0.138 e. The van der Waals surface area contributed by atoms with Crippen LogP contribution < -0.4 is 0 Å². The summed E-state index contributed by atoms with van der Waals surface area (Å²) in [6.45, 7) is 9.64. The third-order valence-electron chi connectivity index (χ3n) is 1.05. The zero-order valence-electron chi connectivity index (χ0n) is 5.14. The molecule has 0 saturated carbocycles. The lowest BCUT2D eigenvalue weighted by Gasteiger charge is -2.11. The molecule has 0 fully saturated rings. The molecule has 8 heavy (non-hydrogen) atoms. The second kappa shape index (κ2) is 4.94. The van der Waals surface area contributed by atoms with Crippen LogP contribution in [0.5, 0.6) is 0 Å². The van der Waals surface area contributed by atoms with Crippen LogP contribution in [0, 0.1) is 13.8 Å². The molecule has 2 nitrogen and oxygen atoms in total. The topological polar surface area (TPSA) is 23.5 Å². The number of nitrogens with zero attached hydrogens (tertiary/aromatic N) is 1. The predicted molar refractivity (Wildman–Crippen MR) is 34.2 cm³/mol. The van der Waals surface area contributed by atoms with Gasteiger partial charge in [0.05, 0.1) is 13.5 Å². The van der Waals surface area contributed by atoms with Crippen LogP contribution in [0.1, 0.15) is 0 Å². The first-order valence-electron chi connectivity index (χ1n) is 2.76. The van der Waals surface area contributed by atoms with Crippen molar-refractivity contribution in [2.45, 2.75) is 0 Å². The molecule has 1 radical (unpaired) electrons. The summed E-state index contributed by atoms with van der Waals surface area (Å²) in [5.74, 6) is 0. The summed E-state index contributed by atoms with van der Waals surface area (Å²) in [5.41, 5.74) is 0. The third kappa shape index (κ3) is 2.88. The lowest BCUT2D eigenvalue weighted by molar-refractivity contribution is 0.219. The van der Waals surface area contributed by atoms with Crippen molar-refractivity contribution in [2.75, 3.05) is 26.2 Å². The fourth-order valence-corrected chi connectivity index (χ4v) is 0.477. The zero-order chi connectivity index (χ0) is 6.41. The van der Waals surface area contributed by atoms with Gasteiger partial charge in [-0.1, -0.05) is 0 Å². The Hall–Kier alpha value is -0.210. The summed E-state index contributed by atoms with van der Waals surface area (Å²) in [6.07, 6.45) is 0. The van der Waals surface area contributed by atoms with Gasteiger partial charge in [-0.2, -0.15) is 0 Å². The molecule has 0 atom stereocenters. The molecule has 1 N–H and O–H groups in total. The minimum atomic E-state index is 0.199. The monoisotopic (exact) mass is 115 g/mol. The van der Waals surface area contributed by atoms with E-state index in [1.807, 2.05) is 4.90 Å². The zero-order valence-corrected chi connectivity index (χ0v) is 5.14. The van der Waals surface area contributed by atoms with Crippen molar-refractivity contribution in [2.24, 2.45) is 0 Å². The van der Waals surface area contributed by atoms with Crippen LogP contribution in [0.25, 0.3) is 0 Å². The highest BCUT2D eigenvalue weighted by atomic mass is 16.3. The molecule has 0 bridgehead atoms. The first-order valence-corrected chi connectivity index (χ1v) is 2.76. The first-order chi connectivity index (χ1) is 3.85. The summed E-state index contributed by atoms with van der Waals surface area (Å²) in [5, 5.41) is 8.40. The van der Waals surface area contributed by atoms with Crippen LogP contribution in [-0.2, 0) is 0 Å². The molecule has 0 aromatic heterocycles. The number of rotatable bonds is 4. The molecule has 0 rings (SSSR count). The van der Waals surface area contributed by atoms with E-state index < -0.39 is 0 Å². The van der Waals surface area contributed by atoms with Gasteiger partial charge in [-0.25, -0.2) is 0 Å². The van der Waals surface area contributed by atoms with E-state index in [0.717, 1.165) is 13.1 Å². The van der Waals surface area contributed by atoms with Crippen LogP contribution in [-0.4, -0.2) is 36.2 Å². The summed E-state index contributed by atoms with van der Waals surface area (Å²) in [6, 6.07) is 0. The van der Waals surface area contributed by atoms with Gasteiger partial charge >= 0.3 is 0 Å². The molecule has 0 amide bonds. The molecule has 47 valence electrons. The van der Waals surface area contributed by atoms with E-state index in [1.54, 1.807) is 0 Å². The summed E-state index contributed by atoms with van der Waals surface area (Å²) >= 11 is 0. The Morgan fingerprint density at radius 2 is 2.25 bits per heavy atom. The van der Waals surface area contributed by atoms with Crippen molar-refractivity contribution in [1.82, 2.24) is 4.90 Å². The van der Waals surface area contributed by atoms with E-state index in [2.05, 4.69) is 13.8 Å². The highest BCUT2D eigenvalue weighted by Crippen LogP contribution is 1.81. The van der Waals surface area contributed by atoms with E-state index in [9.17, 15) is 0 Å². The van der Waals surface area contributed by atoms with Gasteiger partial charge < -0.3 is 5.11 Å². The smallest absolute Gasteiger partial charge is 0.138 e. The Kier molecular flexibility index (Phi) is 4.81. The molecule has 0 unspecified atom stereocenters. The van der Waals surface area contributed by atoms with Crippen molar-refractivity contribution in [3.8, 4) is 0 Å². The van der Waals surface area contributed by atoms with Crippen molar-refractivity contribution < 1.29 is 5.11 Å². The fourth-order valence-electron chi connectivity index (χ4n) is 0.477. The number of aliphatic hydroxyl groups is 1. The van der Waals surface area contributed by atoms with Crippen LogP contribution in [0.3, 0.4) is 0 Å². The minimum absolute atomic E-state index is 0.199. The Labute approximate surface area is 51.1 Å². The van der Waals surface area contributed by atoms with E-state index in [0.29, 0.717) is 6.54 Å². The molecule has 0 aromatic carbocycles. The largest absolute Gasteiger partial charge is 0.395 e. The van der Waals surface area contributed by atoms with Gasteiger partial charge in [-0.05, 0) is 6.92 Å². The molecule has 0 heterocycles. The van der Waals surface area contributed by atoms with E-state index in [1.165, 1.54) is 0 Å². The second-order valence-corrected chi connectivity index (χ2v) is 1.57. The van der Waals surface area contributed by atoms with Gasteiger partial charge in [0, 0.05) is 13.1 Å². The Morgan fingerprint density at radius 3 is 2.38 bits per heavy atom. The maximum atomic E-state index is 8.40. The van der Waals surface area contributed by atoms with Crippen LogP contribution in [0.2, 0.25) is 0 Å². The van der Waals surface area contributed by atoms with E-state index >= 15 is 0 Å². The van der Waals surface area contributed by atoms with Crippen LogP contribution in [0.15, 0.2) is 0 Å². The Balaban J connectivity index is 3.07. The van der Waals surface area contributed by atoms with Crippen molar-refractivity contribution >= 4 is 0 Å². The number of hydrogen-bond acceptors (Lipinski definition) is 2. The average Bonchev–Trinajstić information content (AvgIpc) is 1.83. The highest BCUT2D eigenvalue weighted by molar-refractivity contribution is 4.57. The molecule has 0 aliphatic rings. The SMILES string of the molecule is [CH2]CN(C[CH2+])CCO. The maximum absolute atomic E-state index is 8.40. The third-order valence-corrected chi connectivity index (χ3v) is 1.05. The second-order valence-electron chi connectivity index (χ2n) is 1.57. The van der Waals surface area contributed by atoms with Gasteiger partial charge in [-0.3, -0.25) is 4.90 Å². The van der Waals surface area contributed by atoms with Gasteiger partial charge in [0.1, 0.15) is 6.54 Å². The lowest BCUT2D eigenvalue weighted by Crippen LogP contribution is -2.26. The quantitative estimate of drug-likeness (QED) is 0.519. The van der Waals surface area contributed by atoms with Crippen molar-refractivity contribution in [3.63, 3.8) is 0 Å². The molecular weight excluding hydrogens is 102 g/mol. The van der Waals surface area contributed by atoms with Gasteiger partial charge in [0.25, 0.3) is 0 Å². The lowest BCUT2D eigenvalue weighted by atomic mass is 10.5. The molecule has 2 heteroatoms. The minimum Gasteiger partial charge on any atom is -0.395 e. The summed E-state index contributed by atoms with van der Waals surface area (Å²) < 4.78 is 0. The molecule has 0 aliphatic carbocycles. The predicted octanol–water partition coefficient (Wildman–Crippen LogP) is -0.0511. The summed E-state index contributed by atoms with van der Waals surface area (Å²) in [7, 11) is 0. The molecule has 0 spiro atoms. The highest BCUT2D eigenvalue weighted by Gasteiger charge is 1.97. The molecule has 0 aromatic rings. The first kappa shape index (κ1) is 7.79. The average molecular weight is 115 g/mol. The standard InChI is InChI=1S/C6H13NO/c1-3-7(4-2)5-6-8/h8H,1-6H2/q+1. The Morgan fingerprint density at radius 1 is 1.62 bits per heavy atom. The van der Waals surface area contributed by atoms with Crippen LogP contribution in [0.4, 0.5) is 0 Å². The molecule has 0 aliphatic heterocycles. The van der Waals surface area contributed by atoms with Crippen molar-refractivity contribution in [1.29, 1.82) is 0 Å². The van der Waals surface area contributed by atoms with E-state index in [4.69, 9.17) is 5.11 Å². The Bertz CT molecular complexity index is 43.8. The van der Waals surface area contributed by atoms with Gasteiger partial charge in [0.15, 0.2) is 0 Å².